The Hall–Kier alpha value is -1.03. The Labute approximate surface area is 147 Å². The number of benzene rings is 2. The van der Waals surface area contributed by atoms with Crippen LogP contribution in [0.1, 0.15) is 23.7 Å². The second kappa shape index (κ2) is 5.88. The van der Waals surface area contributed by atoms with E-state index in [1.54, 1.807) is 0 Å². The van der Waals surface area contributed by atoms with Crippen LogP contribution >= 0.6 is 39.1 Å². The van der Waals surface area contributed by atoms with Crippen molar-refractivity contribution in [3.05, 3.63) is 71.8 Å². The second-order valence-electron chi connectivity index (χ2n) is 5.29. The standard InChI is InChI=1S/C17H13BrCl2O2/c18-16(11-17(16,19)20)15(21)22-14(12-7-3-1-4-8-12)13-9-5-2-6-10-13/h1-10,14H,11H2. The van der Waals surface area contributed by atoms with Gasteiger partial charge in [-0.2, -0.15) is 0 Å². The van der Waals surface area contributed by atoms with Gasteiger partial charge in [-0.15, -0.1) is 0 Å². The van der Waals surface area contributed by atoms with Crippen molar-refractivity contribution in [3.63, 3.8) is 0 Å². The molecule has 114 valence electrons. The van der Waals surface area contributed by atoms with Gasteiger partial charge in [-0.3, -0.25) is 4.79 Å². The van der Waals surface area contributed by atoms with Crippen LogP contribution in [0.3, 0.4) is 0 Å². The lowest BCUT2D eigenvalue weighted by atomic mass is 10.0. The van der Waals surface area contributed by atoms with Crippen LogP contribution in [-0.2, 0) is 9.53 Å². The molecule has 1 saturated carbocycles. The third kappa shape index (κ3) is 2.90. The fourth-order valence-corrected chi connectivity index (χ4v) is 3.66. The SMILES string of the molecule is O=C(OC(c1ccccc1)c1ccccc1)C1(Br)CC1(Cl)Cl. The number of carbonyl (C=O) groups is 1. The monoisotopic (exact) mass is 398 g/mol. The molecule has 2 nitrogen and oxygen atoms in total. The fourth-order valence-electron chi connectivity index (χ4n) is 2.27. The molecule has 0 aromatic heterocycles. The summed E-state index contributed by atoms with van der Waals surface area (Å²) in [5.41, 5.74) is 1.79. The summed E-state index contributed by atoms with van der Waals surface area (Å²) in [4.78, 5) is 12.5. The molecule has 0 heterocycles. The van der Waals surface area contributed by atoms with E-state index < -0.39 is 20.7 Å². The highest BCUT2D eigenvalue weighted by atomic mass is 79.9. The molecule has 2 aromatic rings. The van der Waals surface area contributed by atoms with Crippen molar-refractivity contribution in [2.75, 3.05) is 0 Å². The van der Waals surface area contributed by atoms with Crippen LogP contribution in [-0.4, -0.2) is 14.6 Å². The molecule has 1 aliphatic carbocycles. The van der Waals surface area contributed by atoms with Crippen LogP contribution in [0.25, 0.3) is 0 Å². The molecule has 0 aliphatic heterocycles. The summed E-state index contributed by atoms with van der Waals surface area (Å²) in [6.45, 7) is 0. The highest BCUT2D eigenvalue weighted by molar-refractivity contribution is 9.10. The summed E-state index contributed by atoms with van der Waals surface area (Å²) in [7, 11) is 0. The van der Waals surface area contributed by atoms with Gasteiger partial charge < -0.3 is 4.74 Å². The number of alkyl halides is 3. The molecule has 1 atom stereocenters. The van der Waals surface area contributed by atoms with Crippen molar-refractivity contribution in [1.82, 2.24) is 0 Å². The van der Waals surface area contributed by atoms with Crippen LogP contribution < -0.4 is 0 Å². The number of hydrogen-bond acceptors (Lipinski definition) is 2. The van der Waals surface area contributed by atoms with Crippen molar-refractivity contribution in [3.8, 4) is 0 Å². The Bertz CT molecular complexity index is 636. The van der Waals surface area contributed by atoms with E-state index in [2.05, 4.69) is 15.9 Å². The van der Waals surface area contributed by atoms with E-state index in [0.717, 1.165) is 11.1 Å². The average Bonchev–Trinajstić information content (AvgIpc) is 3.06. The van der Waals surface area contributed by atoms with E-state index in [9.17, 15) is 4.79 Å². The number of carbonyl (C=O) groups excluding carboxylic acids is 1. The second-order valence-corrected chi connectivity index (χ2v) is 8.13. The third-order valence-electron chi connectivity index (χ3n) is 3.67. The third-order valence-corrected chi connectivity index (χ3v) is 6.32. The first-order chi connectivity index (χ1) is 10.4. The lowest BCUT2D eigenvalue weighted by Crippen LogP contribution is -2.26. The summed E-state index contributed by atoms with van der Waals surface area (Å²) >= 11 is 15.4. The van der Waals surface area contributed by atoms with Gasteiger partial charge in [0, 0.05) is 6.42 Å². The van der Waals surface area contributed by atoms with Crippen molar-refractivity contribution < 1.29 is 9.53 Å². The highest BCUT2D eigenvalue weighted by Crippen LogP contribution is 2.63. The minimum absolute atomic E-state index is 0.332. The molecular formula is C17H13BrCl2O2. The minimum Gasteiger partial charge on any atom is -0.451 e. The van der Waals surface area contributed by atoms with E-state index in [-0.39, 0.29) is 0 Å². The molecule has 22 heavy (non-hydrogen) atoms. The Morgan fingerprint density at radius 2 is 1.41 bits per heavy atom. The van der Waals surface area contributed by atoms with Gasteiger partial charge in [0.25, 0.3) is 0 Å². The first-order valence-electron chi connectivity index (χ1n) is 6.82. The van der Waals surface area contributed by atoms with E-state index in [1.165, 1.54) is 0 Å². The lowest BCUT2D eigenvalue weighted by Gasteiger charge is -2.21. The number of rotatable bonds is 4. The minimum atomic E-state index is -1.11. The van der Waals surface area contributed by atoms with E-state index in [0.29, 0.717) is 6.42 Å². The first-order valence-corrected chi connectivity index (χ1v) is 8.37. The maximum atomic E-state index is 12.5. The summed E-state index contributed by atoms with van der Waals surface area (Å²) in [5.74, 6) is -0.449. The Morgan fingerprint density at radius 3 is 1.77 bits per heavy atom. The summed E-state index contributed by atoms with van der Waals surface area (Å²) in [6, 6.07) is 19.2. The number of hydrogen-bond donors (Lipinski definition) is 0. The number of ether oxygens (including phenoxy) is 1. The zero-order valence-electron chi connectivity index (χ0n) is 11.5. The van der Waals surface area contributed by atoms with E-state index in [1.807, 2.05) is 60.7 Å². The smallest absolute Gasteiger partial charge is 0.327 e. The van der Waals surface area contributed by atoms with Gasteiger partial charge in [-0.1, -0.05) is 99.8 Å². The molecule has 0 amide bonds. The predicted molar refractivity (Wildman–Crippen MR) is 91.5 cm³/mol. The molecule has 0 saturated heterocycles. The zero-order chi connectivity index (χ0) is 15.8. The van der Waals surface area contributed by atoms with Crippen LogP contribution in [0, 0.1) is 0 Å². The van der Waals surface area contributed by atoms with Gasteiger partial charge in [-0.05, 0) is 11.1 Å². The summed E-state index contributed by atoms with van der Waals surface area (Å²) < 4.78 is 3.60. The molecule has 1 aliphatic rings. The Morgan fingerprint density at radius 1 is 1.00 bits per heavy atom. The van der Waals surface area contributed by atoms with Crippen molar-refractivity contribution in [2.45, 2.75) is 21.2 Å². The van der Waals surface area contributed by atoms with Gasteiger partial charge >= 0.3 is 5.97 Å². The molecule has 1 fully saturated rings. The molecule has 0 bridgehead atoms. The number of halogens is 3. The average molecular weight is 400 g/mol. The maximum absolute atomic E-state index is 12.5. The fraction of sp³-hybridized carbons (Fsp3) is 0.235. The topological polar surface area (TPSA) is 26.3 Å². The van der Waals surface area contributed by atoms with Gasteiger partial charge in [-0.25, -0.2) is 0 Å². The van der Waals surface area contributed by atoms with Gasteiger partial charge in [0.2, 0.25) is 0 Å². The van der Waals surface area contributed by atoms with Crippen LogP contribution in [0.4, 0.5) is 0 Å². The van der Waals surface area contributed by atoms with Crippen LogP contribution in [0.5, 0.6) is 0 Å². The van der Waals surface area contributed by atoms with Crippen molar-refractivity contribution in [2.24, 2.45) is 0 Å². The Balaban J connectivity index is 1.89. The zero-order valence-corrected chi connectivity index (χ0v) is 14.6. The van der Waals surface area contributed by atoms with Crippen molar-refractivity contribution >= 4 is 45.1 Å². The van der Waals surface area contributed by atoms with Crippen LogP contribution in [0.15, 0.2) is 60.7 Å². The first kappa shape index (κ1) is 15.9. The summed E-state index contributed by atoms with van der Waals surface area (Å²) in [5, 5.41) is 0. The molecule has 0 N–H and O–H groups in total. The largest absolute Gasteiger partial charge is 0.451 e. The highest BCUT2D eigenvalue weighted by Gasteiger charge is 2.71. The van der Waals surface area contributed by atoms with E-state index in [4.69, 9.17) is 27.9 Å². The normalized spacial score (nSPS) is 22.4. The maximum Gasteiger partial charge on any atom is 0.327 e. The molecule has 1 unspecified atom stereocenters. The predicted octanol–water partition coefficient (Wildman–Crippen LogP) is 5.03. The molecule has 0 radical (unpaired) electrons. The van der Waals surface area contributed by atoms with Crippen LogP contribution in [0.2, 0.25) is 0 Å². The quantitative estimate of drug-likeness (QED) is 0.532. The number of esters is 1. The molecular weight excluding hydrogens is 387 g/mol. The molecule has 2 aromatic carbocycles. The van der Waals surface area contributed by atoms with Gasteiger partial charge in [0.15, 0.2) is 10.4 Å². The Kier molecular flexibility index (Phi) is 4.23. The van der Waals surface area contributed by atoms with Gasteiger partial charge in [0.05, 0.1) is 0 Å². The molecule has 5 heteroatoms. The molecule has 3 rings (SSSR count). The lowest BCUT2D eigenvalue weighted by molar-refractivity contribution is -0.147. The molecule has 0 spiro atoms. The van der Waals surface area contributed by atoms with Gasteiger partial charge in [0.1, 0.15) is 4.33 Å². The van der Waals surface area contributed by atoms with Crippen molar-refractivity contribution in [1.29, 1.82) is 0 Å². The summed E-state index contributed by atoms with van der Waals surface area (Å²) in [6.07, 6.45) is -0.160. The van der Waals surface area contributed by atoms with E-state index >= 15 is 0 Å².